The van der Waals surface area contributed by atoms with Gasteiger partial charge in [0.1, 0.15) is 17.6 Å². The van der Waals surface area contributed by atoms with Crippen LogP contribution < -0.4 is 15.4 Å². The van der Waals surface area contributed by atoms with Crippen molar-refractivity contribution in [3.63, 3.8) is 0 Å². The second kappa shape index (κ2) is 17.9. The van der Waals surface area contributed by atoms with Crippen molar-refractivity contribution >= 4 is 29.4 Å². The molecule has 3 N–H and O–H groups in total. The van der Waals surface area contributed by atoms with Gasteiger partial charge in [0.15, 0.2) is 5.76 Å². The summed E-state index contributed by atoms with van der Waals surface area (Å²) in [6.45, 7) is 2.82. The number of ether oxygens (including phenoxy) is 3. The van der Waals surface area contributed by atoms with Crippen molar-refractivity contribution in [3.8, 4) is 5.75 Å². The molecule has 252 valence electrons. The number of allylic oxidation sites excluding steroid dienone is 2. The molecule has 2 amide bonds. The Morgan fingerprint density at radius 2 is 1.57 bits per heavy atom. The third kappa shape index (κ3) is 10.7. The molecule has 1 fully saturated rings. The molecule has 10 nitrogen and oxygen atoms in total. The van der Waals surface area contributed by atoms with Crippen LogP contribution in [0.25, 0.3) is 0 Å². The van der Waals surface area contributed by atoms with Gasteiger partial charge in [-0.05, 0) is 86.7 Å². The highest BCUT2D eigenvalue weighted by Crippen LogP contribution is 2.29. The standard InChI is InChI=1S/C37H46N2O8/c1-3-4-5-6-9-22-46-30-19-15-28(16-20-30)37(44)47-32-21-12-25(24-33(32)45-2)23-31(36(42)43)39-35(41)27-13-17-29(18-14-27)38-34(40)26-10-7-8-11-26/h13-20,24,26,31H,3-12,21-23H2,1-2H3,(H,38,40)(H,39,41)(H,42,43). The van der Waals surface area contributed by atoms with E-state index in [-0.39, 0.29) is 23.8 Å². The summed E-state index contributed by atoms with van der Waals surface area (Å²) >= 11 is 0. The Morgan fingerprint density at radius 1 is 0.894 bits per heavy atom. The van der Waals surface area contributed by atoms with Crippen molar-refractivity contribution in [3.05, 3.63) is 82.8 Å². The van der Waals surface area contributed by atoms with Gasteiger partial charge in [0, 0.05) is 23.6 Å². The zero-order chi connectivity index (χ0) is 33.6. The Bertz CT molecular complexity index is 1440. The lowest BCUT2D eigenvalue weighted by atomic mass is 9.96. The van der Waals surface area contributed by atoms with Crippen molar-refractivity contribution < 1.29 is 38.5 Å². The summed E-state index contributed by atoms with van der Waals surface area (Å²) in [6, 6.07) is 12.0. The molecule has 47 heavy (non-hydrogen) atoms. The quantitative estimate of drug-likeness (QED) is 0.121. The molecule has 2 aromatic carbocycles. The molecule has 0 heterocycles. The minimum atomic E-state index is -1.19. The molecule has 2 aliphatic rings. The minimum absolute atomic E-state index is 0.0170. The van der Waals surface area contributed by atoms with Crippen molar-refractivity contribution in [1.82, 2.24) is 5.32 Å². The van der Waals surface area contributed by atoms with Crippen LogP contribution in [0.2, 0.25) is 0 Å². The SMILES string of the molecule is CCCCCCCOc1ccc(C(=O)OC2=C(OC)C=C(CC(NC(=O)c3ccc(NC(=O)C4CCCC4)cc3)C(=O)O)CC2)cc1. The first kappa shape index (κ1) is 35.3. The van der Waals surface area contributed by atoms with Crippen LogP contribution in [0, 0.1) is 5.92 Å². The van der Waals surface area contributed by atoms with Crippen LogP contribution in [-0.4, -0.2) is 48.6 Å². The lowest BCUT2D eigenvalue weighted by molar-refractivity contribution is -0.139. The lowest BCUT2D eigenvalue weighted by Crippen LogP contribution is -2.41. The Balaban J connectivity index is 1.30. The molecule has 4 rings (SSSR count). The molecule has 0 aromatic heterocycles. The molecule has 2 aliphatic carbocycles. The van der Waals surface area contributed by atoms with Crippen LogP contribution in [-0.2, 0) is 19.1 Å². The van der Waals surface area contributed by atoms with Crippen molar-refractivity contribution in [2.45, 2.75) is 90.0 Å². The maximum Gasteiger partial charge on any atom is 0.343 e. The van der Waals surface area contributed by atoms with Crippen molar-refractivity contribution in [2.75, 3.05) is 19.0 Å². The summed E-state index contributed by atoms with van der Waals surface area (Å²) in [5.41, 5.74) is 1.97. The van der Waals surface area contributed by atoms with E-state index in [4.69, 9.17) is 14.2 Å². The number of anilines is 1. The van der Waals surface area contributed by atoms with Gasteiger partial charge in [-0.2, -0.15) is 0 Å². The minimum Gasteiger partial charge on any atom is -0.494 e. The number of esters is 1. The number of carboxylic acid groups (broad SMARTS) is 1. The van der Waals surface area contributed by atoms with Crippen LogP contribution in [0.1, 0.15) is 105 Å². The molecular formula is C37H46N2O8. The molecule has 0 bridgehead atoms. The topological polar surface area (TPSA) is 140 Å². The number of hydrogen-bond donors (Lipinski definition) is 3. The highest BCUT2D eigenvalue weighted by Gasteiger charge is 2.26. The van der Waals surface area contributed by atoms with Gasteiger partial charge in [0.05, 0.1) is 19.3 Å². The number of hydrogen-bond acceptors (Lipinski definition) is 7. The fourth-order valence-electron chi connectivity index (χ4n) is 5.77. The van der Waals surface area contributed by atoms with Gasteiger partial charge < -0.3 is 30.0 Å². The number of benzene rings is 2. The summed E-state index contributed by atoms with van der Waals surface area (Å²) < 4.78 is 16.9. The van der Waals surface area contributed by atoms with Crippen LogP contribution in [0.3, 0.4) is 0 Å². The zero-order valence-electron chi connectivity index (χ0n) is 27.3. The first-order valence-electron chi connectivity index (χ1n) is 16.6. The Kier molecular flexibility index (Phi) is 13.4. The van der Waals surface area contributed by atoms with Gasteiger partial charge in [-0.25, -0.2) is 9.59 Å². The van der Waals surface area contributed by atoms with E-state index in [0.29, 0.717) is 48.0 Å². The molecule has 1 saturated carbocycles. The highest BCUT2D eigenvalue weighted by atomic mass is 16.6. The largest absolute Gasteiger partial charge is 0.494 e. The first-order chi connectivity index (χ1) is 22.8. The molecule has 0 saturated heterocycles. The fourth-order valence-corrected chi connectivity index (χ4v) is 5.77. The molecular weight excluding hydrogens is 600 g/mol. The summed E-state index contributed by atoms with van der Waals surface area (Å²) in [5, 5.41) is 15.3. The molecule has 1 unspecified atom stereocenters. The predicted octanol–water partition coefficient (Wildman–Crippen LogP) is 7.17. The number of aliphatic carboxylic acids is 1. The van der Waals surface area contributed by atoms with E-state index in [2.05, 4.69) is 17.6 Å². The second-order valence-corrected chi connectivity index (χ2v) is 12.1. The van der Waals surface area contributed by atoms with Crippen LogP contribution in [0.4, 0.5) is 5.69 Å². The number of carbonyl (C=O) groups excluding carboxylic acids is 3. The third-order valence-corrected chi connectivity index (χ3v) is 8.54. The van der Waals surface area contributed by atoms with E-state index in [1.807, 2.05) is 0 Å². The Labute approximate surface area is 276 Å². The first-order valence-corrected chi connectivity index (χ1v) is 16.6. The molecule has 10 heteroatoms. The maximum absolute atomic E-state index is 12.9. The summed E-state index contributed by atoms with van der Waals surface area (Å²) in [5.74, 6) is -0.870. The number of nitrogens with one attached hydrogen (secondary N) is 2. The summed E-state index contributed by atoms with van der Waals surface area (Å²) in [4.78, 5) is 50.3. The number of rotatable bonds is 17. The van der Waals surface area contributed by atoms with E-state index in [1.165, 1.54) is 26.4 Å². The molecule has 0 spiro atoms. The normalized spacial score (nSPS) is 15.4. The summed E-state index contributed by atoms with van der Waals surface area (Å²) in [7, 11) is 1.45. The third-order valence-electron chi connectivity index (χ3n) is 8.54. The Morgan fingerprint density at radius 3 is 2.23 bits per heavy atom. The monoisotopic (exact) mass is 646 g/mol. The van der Waals surface area contributed by atoms with Gasteiger partial charge in [-0.1, -0.05) is 51.0 Å². The van der Waals surface area contributed by atoms with Gasteiger partial charge in [0.25, 0.3) is 5.91 Å². The molecule has 0 radical (unpaired) electrons. The average molecular weight is 647 g/mol. The number of unbranched alkanes of at least 4 members (excludes halogenated alkanes) is 4. The number of amides is 2. The Hall–Kier alpha value is -4.60. The van der Waals surface area contributed by atoms with Gasteiger partial charge in [-0.3, -0.25) is 9.59 Å². The van der Waals surface area contributed by atoms with Crippen LogP contribution in [0.15, 0.2) is 71.7 Å². The van der Waals surface area contributed by atoms with Crippen molar-refractivity contribution in [1.29, 1.82) is 0 Å². The van der Waals surface area contributed by atoms with Gasteiger partial charge in [0.2, 0.25) is 5.91 Å². The number of carboxylic acids is 1. The zero-order valence-corrected chi connectivity index (χ0v) is 27.3. The highest BCUT2D eigenvalue weighted by molar-refractivity contribution is 5.98. The fraction of sp³-hybridized carbons (Fsp3) is 0.459. The van der Waals surface area contributed by atoms with E-state index < -0.39 is 23.9 Å². The maximum atomic E-state index is 12.9. The average Bonchev–Trinajstić information content (AvgIpc) is 3.63. The second-order valence-electron chi connectivity index (χ2n) is 12.1. The van der Waals surface area contributed by atoms with E-state index in [1.54, 1.807) is 54.6 Å². The smallest absolute Gasteiger partial charge is 0.343 e. The van der Waals surface area contributed by atoms with Gasteiger partial charge in [-0.15, -0.1) is 0 Å². The van der Waals surface area contributed by atoms with Crippen molar-refractivity contribution in [2.24, 2.45) is 5.92 Å². The van der Waals surface area contributed by atoms with Crippen LogP contribution in [0.5, 0.6) is 5.75 Å². The molecule has 2 aromatic rings. The van der Waals surface area contributed by atoms with E-state index in [9.17, 15) is 24.3 Å². The van der Waals surface area contributed by atoms with E-state index >= 15 is 0 Å². The number of methoxy groups -OCH3 is 1. The van der Waals surface area contributed by atoms with Crippen LogP contribution >= 0.6 is 0 Å². The summed E-state index contributed by atoms with van der Waals surface area (Å²) in [6.07, 6.45) is 12.1. The van der Waals surface area contributed by atoms with E-state index in [0.717, 1.165) is 44.1 Å². The molecule has 0 aliphatic heterocycles. The lowest BCUT2D eigenvalue weighted by Gasteiger charge is -2.22. The van der Waals surface area contributed by atoms with Gasteiger partial charge >= 0.3 is 11.9 Å². The number of carbonyl (C=O) groups is 4. The predicted molar refractivity (Wildman–Crippen MR) is 178 cm³/mol. The molecule has 1 atom stereocenters.